The Labute approximate surface area is 123 Å². The molecule has 1 fully saturated rings. The average Bonchev–Trinajstić information content (AvgIpc) is 2.50. The number of esters is 1. The zero-order chi connectivity index (χ0) is 15.2. The monoisotopic (exact) mass is 287 g/mol. The Balaban J connectivity index is 1.89. The van der Waals surface area contributed by atoms with Gasteiger partial charge in [-0.1, -0.05) is 0 Å². The van der Waals surface area contributed by atoms with E-state index < -0.39 is 18.2 Å². The summed E-state index contributed by atoms with van der Waals surface area (Å²) in [5.41, 5.74) is 0.519. The zero-order valence-electron chi connectivity index (χ0n) is 11.9. The van der Waals surface area contributed by atoms with Gasteiger partial charge in [0.25, 0.3) is 0 Å². The lowest BCUT2D eigenvalue weighted by Crippen LogP contribution is -2.35. The molecule has 21 heavy (non-hydrogen) atoms. The molecule has 1 aromatic carbocycles. The van der Waals surface area contributed by atoms with E-state index in [1.165, 1.54) is 0 Å². The van der Waals surface area contributed by atoms with E-state index in [-0.39, 0.29) is 5.78 Å². The summed E-state index contributed by atoms with van der Waals surface area (Å²) in [5.74, 6) is -0.0757. The number of ether oxygens (including phenoxy) is 2. The molecular formula is C16H17NO4. The Morgan fingerprint density at radius 3 is 2.67 bits per heavy atom. The maximum atomic E-state index is 11.9. The highest BCUT2D eigenvalue weighted by molar-refractivity contribution is 5.86. The van der Waals surface area contributed by atoms with Crippen LogP contribution >= 0.6 is 0 Å². The van der Waals surface area contributed by atoms with Crippen LogP contribution in [0.3, 0.4) is 0 Å². The third-order valence-electron chi connectivity index (χ3n) is 3.39. The van der Waals surface area contributed by atoms with Crippen molar-refractivity contribution in [3.8, 4) is 11.8 Å². The number of hydrogen-bond donors (Lipinski definition) is 0. The third-order valence-corrected chi connectivity index (χ3v) is 3.39. The normalized spacial score (nSPS) is 19.4. The third kappa shape index (κ3) is 4.06. The molecule has 0 spiro atoms. The lowest BCUT2D eigenvalue weighted by Gasteiger charge is -2.22. The van der Waals surface area contributed by atoms with Crippen molar-refractivity contribution in [2.24, 2.45) is 0 Å². The molecule has 0 heterocycles. The van der Waals surface area contributed by atoms with E-state index in [4.69, 9.17) is 14.7 Å². The van der Waals surface area contributed by atoms with Gasteiger partial charge >= 0.3 is 5.97 Å². The quantitative estimate of drug-likeness (QED) is 0.795. The minimum atomic E-state index is -0.798. The summed E-state index contributed by atoms with van der Waals surface area (Å²) < 4.78 is 10.7. The number of benzene rings is 1. The largest absolute Gasteiger partial charge is 0.479 e. The topological polar surface area (TPSA) is 76.4 Å². The Hall–Kier alpha value is -2.35. The molecule has 0 radical (unpaired) electrons. The van der Waals surface area contributed by atoms with Gasteiger partial charge in [-0.2, -0.15) is 5.26 Å². The average molecular weight is 287 g/mol. The summed E-state index contributed by atoms with van der Waals surface area (Å²) in [7, 11) is 0. The first-order valence-corrected chi connectivity index (χ1v) is 7.00. The second-order valence-corrected chi connectivity index (χ2v) is 5.03. The van der Waals surface area contributed by atoms with Crippen LogP contribution in [0.2, 0.25) is 0 Å². The highest BCUT2D eigenvalue weighted by Crippen LogP contribution is 2.19. The summed E-state index contributed by atoms with van der Waals surface area (Å²) in [4.78, 5) is 23.6. The minimum absolute atomic E-state index is 0.0137. The first-order chi connectivity index (χ1) is 10.1. The van der Waals surface area contributed by atoms with Crippen LogP contribution < -0.4 is 4.74 Å². The van der Waals surface area contributed by atoms with E-state index in [0.29, 0.717) is 24.2 Å². The molecule has 1 aliphatic rings. The molecule has 5 heteroatoms. The van der Waals surface area contributed by atoms with Gasteiger partial charge in [0.05, 0.1) is 11.6 Å². The number of nitriles is 1. The molecule has 0 unspecified atom stereocenters. The fourth-order valence-corrected chi connectivity index (χ4v) is 2.17. The smallest absolute Gasteiger partial charge is 0.347 e. The van der Waals surface area contributed by atoms with E-state index in [0.717, 1.165) is 12.8 Å². The minimum Gasteiger partial charge on any atom is -0.479 e. The fourth-order valence-electron chi connectivity index (χ4n) is 2.17. The van der Waals surface area contributed by atoms with Gasteiger partial charge in [0, 0.05) is 6.42 Å². The number of carbonyl (C=O) groups excluding carboxylic acids is 2. The van der Waals surface area contributed by atoms with Gasteiger partial charge in [-0.3, -0.25) is 4.79 Å². The van der Waals surface area contributed by atoms with Crippen LogP contribution in [0, 0.1) is 11.3 Å². The Bertz CT molecular complexity index is 559. The van der Waals surface area contributed by atoms with Crippen molar-refractivity contribution in [2.45, 2.75) is 44.8 Å². The lowest BCUT2D eigenvalue weighted by molar-refractivity contribution is -0.162. The first kappa shape index (κ1) is 15.0. The van der Waals surface area contributed by atoms with Crippen molar-refractivity contribution in [1.82, 2.24) is 0 Å². The predicted octanol–water partition coefficient (Wildman–Crippen LogP) is 2.38. The van der Waals surface area contributed by atoms with Crippen LogP contribution in [0.25, 0.3) is 0 Å². The summed E-state index contributed by atoms with van der Waals surface area (Å²) in [5, 5.41) is 8.71. The van der Waals surface area contributed by atoms with Crippen LogP contribution in [0.4, 0.5) is 0 Å². The fraction of sp³-hybridized carbons (Fsp3) is 0.438. The van der Waals surface area contributed by atoms with Crippen molar-refractivity contribution in [3.63, 3.8) is 0 Å². The SMILES string of the molecule is C[C@H](Oc1ccc(C#N)cc1)C(=O)O[C@@H]1CCCCC1=O. The molecule has 1 saturated carbocycles. The Kier molecular flexibility index (Phi) is 4.94. The van der Waals surface area contributed by atoms with Crippen LogP contribution in [0.5, 0.6) is 5.75 Å². The van der Waals surface area contributed by atoms with E-state index in [2.05, 4.69) is 0 Å². The van der Waals surface area contributed by atoms with Crippen molar-refractivity contribution in [3.05, 3.63) is 29.8 Å². The van der Waals surface area contributed by atoms with Gasteiger partial charge < -0.3 is 9.47 Å². The maximum absolute atomic E-state index is 11.9. The molecule has 0 saturated heterocycles. The number of carbonyl (C=O) groups is 2. The van der Waals surface area contributed by atoms with Crippen LogP contribution in [-0.2, 0) is 14.3 Å². The van der Waals surface area contributed by atoms with Crippen molar-refractivity contribution < 1.29 is 19.1 Å². The van der Waals surface area contributed by atoms with Gasteiger partial charge in [0.1, 0.15) is 5.75 Å². The summed E-state index contributed by atoms with van der Waals surface area (Å²) in [6.45, 7) is 1.58. The van der Waals surface area contributed by atoms with E-state index >= 15 is 0 Å². The molecule has 2 rings (SSSR count). The van der Waals surface area contributed by atoms with Gasteiger partial charge in [-0.15, -0.1) is 0 Å². The highest BCUT2D eigenvalue weighted by Gasteiger charge is 2.28. The molecule has 0 aliphatic heterocycles. The summed E-state index contributed by atoms with van der Waals surface area (Å²) in [6.07, 6.45) is 1.40. The first-order valence-electron chi connectivity index (χ1n) is 7.00. The molecule has 0 aromatic heterocycles. The molecule has 1 aromatic rings. The number of Topliss-reactive ketones (excluding diaryl/α,β-unsaturated/α-hetero) is 1. The van der Waals surface area contributed by atoms with Gasteiger partial charge in [0.15, 0.2) is 18.0 Å². The molecule has 2 atom stereocenters. The maximum Gasteiger partial charge on any atom is 0.347 e. The van der Waals surface area contributed by atoms with Gasteiger partial charge in [-0.05, 0) is 50.5 Å². The van der Waals surface area contributed by atoms with Crippen molar-refractivity contribution in [1.29, 1.82) is 5.26 Å². The Morgan fingerprint density at radius 1 is 1.33 bits per heavy atom. The van der Waals surface area contributed by atoms with Crippen molar-refractivity contribution >= 4 is 11.8 Å². The summed E-state index contributed by atoms with van der Waals surface area (Å²) >= 11 is 0. The number of rotatable bonds is 4. The molecular weight excluding hydrogens is 270 g/mol. The second kappa shape index (κ2) is 6.89. The lowest BCUT2D eigenvalue weighted by atomic mass is 9.96. The highest BCUT2D eigenvalue weighted by atomic mass is 16.6. The van der Waals surface area contributed by atoms with E-state index in [1.807, 2.05) is 6.07 Å². The zero-order valence-corrected chi connectivity index (χ0v) is 11.9. The molecule has 5 nitrogen and oxygen atoms in total. The molecule has 0 N–H and O–H groups in total. The molecule has 0 bridgehead atoms. The number of nitrogens with zero attached hydrogens (tertiary/aromatic N) is 1. The Morgan fingerprint density at radius 2 is 2.05 bits per heavy atom. The van der Waals surface area contributed by atoms with Crippen LogP contribution in [-0.4, -0.2) is 24.0 Å². The number of ketones is 1. The summed E-state index contributed by atoms with van der Waals surface area (Å²) in [6, 6.07) is 8.46. The van der Waals surface area contributed by atoms with Gasteiger partial charge in [-0.25, -0.2) is 4.79 Å². The van der Waals surface area contributed by atoms with E-state index in [9.17, 15) is 9.59 Å². The standard InChI is InChI=1S/C16H17NO4/c1-11(20-13-8-6-12(10-17)7-9-13)16(19)21-15-5-3-2-4-14(15)18/h6-9,11,15H,2-5H2,1H3/t11-,15+/m0/s1. The van der Waals surface area contributed by atoms with Crippen molar-refractivity contribution in [2.75, 3.05) is 0 Å². The molecule has 1 aliphatic carbocycles. The van der Waals surface area contributed by atoms with Gasteiger partial charge in [0.2, 0.25) is 0 Å². The van der Waals surface area contributed by atoms with Crippen LogP contribution in [0.1, 0.15) is 38.2 Å². The molecule has 0 amide bonds. The van der Waals surface area contributed by atoms with Crippen LogP contribution in [0.15, 0.2) is 24.3 Å². The molecule has 110 valence electrons. The van der Waals surface area contributed by atoms with E-state index in [1.54, 1.807) is 31.2 Å². The predicted molar refractivity (Wildman–Crippen MR) is 74.6 cm³/mol. The second-order valence-electron chi connectivity index (χ2n) is 5.03. The number of hydrogen-bond acceptors (Lipinski definition) is 5.